The van der Waals surface area contributed by atoms with Crippen LogP contribution in [0.1, 0.15) is 23.7 Å². The van der Waals surface area contributed by atoms with Crippen molar-refractivity contribution < 1.29 is 4.74 Å². The summed E-state index contributed by atoms with van der Waals surface area (Å²) < 4.78 is 5.39. The maximum atomic E-state index is 5.39. The van der Waals surface area contributed by atoms with Gasteiger partial charge in [0.05, 0.1) is 7.11 Å². The minimum absolute atomic E-state index is 0.590. The molecule has 0 atom stereocenters. The van der Waals surface area contributed by atoms with Crippen molar-refractivity contribution in [3.63, 3.8) is 0 Å². The van der Waals surface area contributed by atoms with Crippen molar-refractivity contribution in [2.45, 2.75) is 26.8 Å². The summed E-state index contributed by atoms with van der Waals surface area (Å²) in [5, 5.41) is 6.70. The summed E-state index contributed by atoms with van der Waals surface area (Å²) in [6.45, 7) is 4.71. The van der Waals surface area contributed by atoms with E-state index in [1.165, 1.54) is 5.56 Å². The molecule has 0 saturated carbocycles. The number of para-hydroxylation sites is 2. The van der Waals surface area contributed by atoms with Gasteiger partial charge < -0.3 is 15.4 Å². The summed E-state index contributed by atoms with van der Waals surface area (Å²) in [4.78, 5) is 9.09. The standard InChI is InChI=1S/C21H24N4O/c1-4-16-9-5-7-11-18(16)24-20-13-15(2)23-21(25-20)22-14-17-10-6-8-12-19(17)26-3/h5-13H,4,14H2,1-3H3,(H2,22,23,24,25). The molecule has 0 bridgehead atoms. The molecule has 3 rings (SSSR count). The molecule has 5 nitrogen and oxygen atoms in total. The third-order valence-electron chi connectivity index (χ3n) is 4.14. The Bertz CT molecular complexity index is 879. The van der Waals surface area contributed by atoms with Crippen molar-refractivity contribution in [2.24, 2.45) is 0 Å². The fraction of sp³-hybridized carbons (Fsp3) is 0.238. The van der Waals surface area contributed by atoms with Gasteiger partial charge in [-0.05, 0) is 31.0 Å². The van der Waals surface area contributed by atoms with E-state index in [9.17, 15) is 0 Å². The first kappa shape index (κ1) is 17.7. The molecule has 0 amide bonds. The molecular formula is C21H24N4O. The van der Waals surface area contributed by atoms with Crippen LogP contribution in [0, 0.1) is 6.92 Å². The Labute approximate surface area is 154 Å². The second-order valence-electron chi connectivity index (χ2n) is 6.02. The summed E-state index contributed by atoms with van der Waals surface area (Å²) >= 11 is 0. The molecule has 0 aliphatic rings. The number of ether oxygens (including phenoxy) is 1. The minimum atomic E-state index is 0.590. The van der Waals surface area contributed by atoms with Crippen molar-refractivity contribution in [3.05, 3.63) is 71.4 Å². The molecule has 0 spiro atoms. The fourth-order valence-corrected chi connectivity index (χ4v) is 2.82. The average molecular weight is 348 g/mol. The molecule has 0 saturated heterocycles. The van der Waals surface area contributed by atoms with E-state index < -0.39 is 0 Å². The Morgan fingerprint density at radius 2 is 1.69 bits per heavy atom. The molecular weight excluding hydrogens is 324 g/mol. The van der Waals surface area contributed by atoms with E-state index >= 15 is 0 Å². The van der Waals surface area contributed by atoms with Crippen LogP contribution in [-0.2, 0) is 13.0 Å². The Balaban J connectivity index is 1.77. The summed E-state index contributed by atoms with van der Waals surface area (Å²) in [5.74, 6) is 2.22. The van der Waals surface area contributed by atoms with E-state index in [2.05, 4.69) is 45.7 Å². The van der Waals surface area contributed by atoms with Gasteiger partial charge in [0.2, 0.25) is 5.95 Å². The van der Waals surface area contributed by atoms with Crippen LogP contribution >= 0.6 is 0 Å². The molecule has 1 aromatic heterocycles. The van der Waals surface area contributed by atoms with Gasteiger partial charge in [-0.3, -0.25) is 0 Å². The maximum Gasteiger partial charge on any atom is 0.225 e. The second-order valence-corrected chi connectivity index (χ2v) is 6.02. The third-order valence-corrected chi connectivity index (χ3v) is 4.14. The number of rotatable bonds is 7. The molecule has 5 heteroatoms. The van der Waals surface area contributed by atoms with Gasteiger partial charge in [-0.15, -0.1) is 0 Å². The number of aromatic nitrogens is 2. The van der Waals surface area contributed by atoms with Gasteiger partial charge in [0.25, 0.3) is 0 Å². The first-order chi connectivity index (χ1) is 12.7. The highest BCUT2D eigenvalue weighted by molar-refractivity contribution is 5.61. The SMILES string of the molecule is CCc1ccccc1Nc1cc(C)nc(NCc2ccccc2OC)n1. The molecule has 26 heavy (non-hydrogen) atoms. The van der Waals surface area contributed by atoms with Gasteiger partial charge in [0.15, 0.2) is 0 Å². The minimum Gasteiger partial charge on any atom is -0.496 e. The van der Waals surface area contributed by atoms with Gasteiger partial charge in [-0.1, -0.05) is 43.3 Å². The van der Waals surface area contributed by atoms with Crippen molar-refractivity contribution in [1.29, 1.82) is 0 Å². The van der Waals surface area contributed by atoms with Crippen LogP contribution in [-0.4, -0.2) is 17.1 Å². The Kier molecular flexibility index (Phi) is 5.69. The Hall–Kier alpha value is -3.08. The third kappa shape index (κ3) is 4.30. The quantitative estimate of drug-likeness (QED) is 0.647. The molecule has 0 aliphatic heterocycles. The number of hydrogen-bond acceptors (Lipinski definition) is 5. The molecule has 0 fully saturated rings. The lowest BCUT2D eigenvalue weighted by Crippen LogP contribution is -2.07. The number of nitrogens with zero attached hydrogens (tertiary/aromatic N) is 2. The van der Waals surface area contributed by atoms with Crippen LogP contribution in [0.4, 0.5) is 17.5 Å². The molecule has 0 radical (unpaired) electrons. The molecule has 2 N–H and O–H groups in total. The van der Waals surface area contributed by atoms with Crippen molar-refractivity contribution in [3.8, 4) is 5.75 Å². The number of methoxy groups -OCH3 is 1. The van der Waals surface area contributed by atoms with Gasteiger partial charge in [0, 0.05) is 29.6 Å². The molecule has 134 valence electrons. The van der Waals surface area contributed by atoms with Crippen LogP contribution in [0.3, 0.4) is 0 Å². The van der Waals surface area contributed by atoms with Gasteiger partial charge in [0.1, 0.15) is 11.6 Å². The highest BCUT2D eigenvalue weighted by Gasteiger charge is 2.07. The molecule has 0 unspecified atom stereocenters. The number of nitrogens with one attached hydrogen (secondary N) is 2. The zero-order chi connectivity index (χ0) is 18.4. The summed E-state index contributed by atoms with van der Waals surface area (Å²) in [6, 6.07) is 18.1. The highest BCUT2D eigenvalue weighted by Crippen LogP contribution is 2.22. The van der Waals surface area contributed by atoms with Crippen LogP contribution in [0.5, 0.6) is 5.75 Å². The van der Waals surface area contributed by atoms with Crippen molar-refractivity contribution in [2.75, 3.05) is 17.7 Å². The first-order valence-electron chi connectivity index (χ1n) is 8.76. The Morgan fingerprint density at radius 1 is 0.962 bits per heavy atom. The zero-order valence-electron chi connectivity index (χ0n) is 15.4. The smallest absolute Gasteiger partial charge is 0.225 e. The number of benzene rings is 2. The lowest BCUT2D eigenvalue weighted by Gasteiger charge is -2.13. The van der Waals surface area contributed by atoms with E-state index in [1.807, 2.05) is 43.3 Å². The normalized spacial score (nSPS) is 10.4. The maximum absolute atomic E-state index is 5.39. The van der Waals surface area contributed by atoms with Crippen LogP contribution < -0.4 is 15.4 Å². The number of aryl methyl sites for hydroxylation is 2. The first-order valence-corrected chi connectivity index (χ1v) is 8.76. The summed E-state index contributed by atoms with van der Waals surface area (Å²) in [7, 11) is 1.68. The van der Waals surface area contributed by atoms with Crippen LogP contribution in [0.25, 0.3) is 0 Å². The Morgan fingerprint density at radius 3 is 2.46 bits per heavy atom. The van der Waals surface area contributed by atoms with E-state index in [4.69, 9.17) is 4.74 Å². The zero-order valence-corrected chi connectivity index (χ0v) is 15.4. The van der Waals surface area contributed by atoms with Gasteiger partial charge in [-0.25, -0.2) is 4.98 Å². The molecule has 3 aromatic rings. The summed E-state index contributed by atoms with van der Waals surface area (Å²) in [5.41, 5.74) is 4.29. The van der Waals surface area contributed by atoms with E-state index in [0.29, 0.717) is 12.5 Å². The van der Waals surface area contributed by atoms with Crippen molar-refractivity contribution in [1.82, 2.24) is 9.97 Å². The van der Waals surface area contributed by atoms with Gasteiger partial charge >= 0.3 is 0 Å². The largest absolute Gasteiger partial charge is 0.496 e. The average Bonchev–Trinajstić information content (AvgIpc) is 2.66. The fourth-order valence-electron chi connectivity index (χ4n) is 2.82. The van der Waals surface area contributed by atoms with Crippen LogP contribution in [0.2, 0.25) is 0 Å². The molecule has 0 aliphatic carbocycles. The van der Waals surface area contributed by atoms with Crippen LogP contribution in [0.15, 0.2) is 54.6 Å². The molecule has 1 heterocycles. The molecule has 2 aromatic carbocycles. The van der Waals surface area contributed by atoms with Gasteiger partial charge in [-0.2, -0.15) is 4.98 Å². The van der Waals surface area contributed by atoms with E-state index in [-0.39, 0.29) is 0 Å². The summed E-state index contributed by atoms with van der Waals surface area (Å²) in [6.07, 6.45) is 0.964. The highest BCUT2D eigenvalue weighted by atomic mass is 16.5. The topological polar surface area (TPSA) is 59.1 Å². The number of anilines is 3. The van der Waals surface area contributed by atoms with Crippen molar-refractivity contribution >= 4 is 17.5 Å². The monoisotopic (exact) mass is 348 g/mol. The van der Waals surface area contributed by atoms with E-state index in [0.717, 1.165) is 34.9 Å². The lowest BCUT2D eigenvalue weighted by molar-refractivity contribution is 0.410. The lowest BCUT2D eigenvalue weighted by atomic mass is 10.1. The van der Waals surface area contributed by atoms with E-state index in [1.54, 1.807) is 7.11 Å². The second kappa shape index (κ2) is 8.34. The number of hydrogen-bond donors (Lipinski definition) is 2. The predicted octanol–water partition coefficient (Wildman–Crippen LogP) is 4.71. The predicted molar refractivity (Wildman–Crippen MR) is 106 cm³/mol.